The standard InChI is InChI=1S/C14H21N3O/c1-10-5-3-7-13(16-10)11(2)17-14(18)12-6-4-8-15-9-12/h3,5,7,11-12,15H,4,6,8-9H2,1-2H3,(H,17,18)/t11-,12?/m1/s1. The zero-order valence-electron chi connectivity index (χ0n) is 11.1. The lowest BCUT2D eigenvalue weighted by Crippen LogP contribution is -2.41. The van der Waals surface area contributed by atoms with E-state index >= 15 is 0 Å². The van der Waals surface area contributed by atoms with Crippen LogP contribution in [0, 0.1) is 12.8 Å². The molecule has 1 aromatic heterocycles. The predicted octanol–water partition coefficient (Wildman–Crippen LogP) is 1.57. The minimum Gasteiger partial charge on any atom is -0.348 e. The minimum atomic E-state index is -0.0284. The number of hydrogen-bond donors (Lipinski definition) is 2. The zero-order chi connectivity index (χ0) is 13.0. The maximum absolute atomic E-state index is 12.1. The van der Waals surface area contributed by atoms with E-state index in [9.17, 15) is 4.79 Å². The fraction of sp³-hybridized carbons (Fsp3) is 0.571. The third-order valence-electron chi connectivity index (χ3n) is 3.38. The van der Waals surface area contributed by atoms with Crippen LogP contribution in [0.3, 0.4) is 0 Å². The molecule has 18 heavy (non-hydrogen) atoms. The van der Waals surface area contributed by atoms with E-state index in [1.807, 2.05) is 32.0 Å². The van der Waals surface area contributed by atoms with Crippen molar-refractivity contribution in [3.05, 3.63) is 29.6 Å². The number of pyridine rings is 1. The monoisotopic (exact) mass is 247 g/mol. The van der Waals surface area contributed by atoms with Gasteiger partial charge in [-0.1, -0.05) is 6.07 Å². The Morgan fingerprint density at radius 2 is 2.39 bits per heavy atom. The summed E-state index contributed by atoms with van der Waals surface area (Å²) in [5, 5.41) is 6.31. The first-order valence-electron chi connectivity index (χ1n) is 6.61. The van der Waals surface area contributed by atoms with Crippen molar-refractivity contribution < 1.29 is 4.79 Å². The molecule has 1 aromatic rings. The summed E-state index contributed by atoms with van der Waals surface area (Å²) in [6, 6.07) is 5.86. The SMILES string of the molecule is Cc1cccc([C@@H](C)NC(=O)C2CCCNC2)n1. The lowest BCUT2D eigenvalue weighted by Gasteiger charge is -2.24. The van der Waals surface area contributed by atoms with Crippen LogP contribution in [0.25, 0.3) is 0 Å². The molecule has 4 heteroatoms. The molecule has 0 aromatic carbocycles. The molecule has 2 atom stereocenters. The van der Waals surface area contributed by atoms with Crippen LogP contribution in [0.5, 0.6) is 0 Å². The number of carbonyl (C=O) groups is 1. The Labute approximate surface area is 108 Å². The van der Waals surface area contributed by atoms with Crippen LogP contribution < -0.4 is 10.6 Å². The van der Waals surface area contributed by atoms with Gasteiger partial charge < -0.3 is 10.6 Å². The largest absolute Gasteiger partial charge is 0.348 e. The highest BCUT2D eigenvalue weighted by Crippen LogP contribution is 2.14. The number of nitrogens with one attached hydrogen (secondary N) is 2. The van der Waals surface area contributed by atoms with Crippen molar-refractivity contribution in [1.82, 2.24) is 15.6 Å². The zero-order valence-corrected chi connectivity index (χ0v) is 11.1. The Kier molecular flexibility index (Phi) is 4.31. The molecule has 1 amide bonds. The first-order chi connectivity index (χ1) is 8.66. The highest BCUT2D eigenvalue weighted by Gasteiger charge is 2.22. The number of carbonyl (C=O) groups excluding carboxylic acids is 1. The van der Waals surface area contributed by atoms with E-state index in [0.29, 0.717) is 0 Å². The third kappa shape index (κ3) is 3.29. The van der Waals surface area contributed by atoms with Gasteiger partial charge in [-0.3, -0.25) is 9.78 Å². The van der Waals surface area contributed by atoms with Crippen LogP contribution in [0.4, 0.5) is 0 Å². The number of amides is 1. The van der Waals surface area contributed by atoms with Crippen LogP contribution in [-0.4, -0.2) is 24.0 Å². The van der Waals surface area contributed by atoms with Crippen LogP contribution in [-0.2, 0) is 4.79 Å². The number of aromatic nitrogens is 1. The Bertz CT molecular complexity index is 413. The summed E-state index contributed by atoms with van der Waals surface area (Å²) in [4.78, 5) is 16.5. The normalized spacial score (nSPS) is 21.3. The molecule has 1 saturated heterocycles. The Morgan fingerprint density at radius 1 is 1.56 bits per heavy atom. The second-order valence-corrected chi connectivity index (χ2v) is 4.98. The molecule has 98 valence electrons. The van der Waals surface area contributed by atoms with Gasteiger partial charge in [0.1, 0.15) is 0 Å². The van der Waals surface area contributed by atoms with Crippen LogP contribution >= 0.6 is 0 Å². The summed E-state index contributed by atoms with van der Waals surface area (Å²) in [7, 11) is 0. The van der Waals surface area contributed by atoms with Gasteiger partial charge >= 0.3 is 0 Å². The molecule has 1 aliphatic heterocycles. The van der Waals surface area contributed by atoms with E-state index < -0.39 is 0 Å². The summed E-state index contributed by atoms with van der Waals surface area (Å²) in [6.07, 6.45) is 2.06. The predicted molar refractivity (Wildman–Crippen MR) is 71.1 cm³/mol. The minimum absolute atomic E-state index is 0.0284. The Balaban J connectivity index is 1.94. The van der Waals surface area contributed by atoms with E-state index in [2.05, 4.69) is 15.6 Å². The lowest BCUT2D eigenvalue weighted by molar-refractivity contribution is -0.126. The van der Waals surface area contributed by atoms with Crippen molar-refractivity contribution in [2.45, 2.75) is 32.7 Å². The smallest absolute Gasteiger partial charge is 0.224 e. The topological polar surface area (TPSA) is 54.0 Å². The average molecular weight is 247 g/mol. The number of rotatable bonds is 3. The molecule has 0 spiro atoms. The molecule has 2 N–H and O–H groups in total. The van der Waals surface area contributed by atoms with Crippen molar-refractivity contribution in [3.8, 4) is 0 Å². The van der Waals surface area contributed by atoms with Crippen molar-refractivity contribution >= 4 is 5.91 Å². The fourth-order valence-corrected chi connectivity index (χ4v) is 2.29. The van der Waals surface area contributed by atoms with Gasteiger partial charge in [0.25, 0.3) is 0 Å². The molecule has 1 fully saturated rings. The maximum Gasteiger partial charge on any atom is 0.224 e. The highest BCUT2D eigenvalue weighted by atomic mass is 16.2. The van der Waals surface area contributed by atoms with Crippen LogP contribution in [0.1, 0.15) is 37.2 Å². The number of aryl methyl sites for hydroxylation is 1. The molecular formula is C14H21N3O. The van der Waals surface area contributed by atoms with Crippen LogP contribution in [0.2, 0.25) is 0 Å². The number of hydrogen-bond acceptors (Lipinski definition) is 3. The second kappa shape index (κ2) is 5.96. The summed E-state index contributed by atoms with van der Waals surface area (Å²) in [5.74, 6) is 0.240. The van der Waals surface area contributed by atoms with Crippen LogP contribution in [0.15, 0.2) is 18.2 Å². The lowest BCUT2D eigenvalue weighted by atomic mass is 9.98. The van der Waals surface area contributed by atoms with Crippen molar-refractivity contribution in [3.63, 3.8) is 0 Å². The first kappa shape index (κ1) is 13.0. The van der Waals surface area contributed by atoms with Crippen molar-refractivity contribution in [1.29, 1.82) is 0 Å². The first-order valence-corrected chi connectivity index (χ1v) is 6.61. The van der Waals surface area contributed by atoms with Gasteiger partial charge in [0.05, 0.1) is 17.7 Å². The van der Waals surface area contributed by atoms with Gasteiger partial charge in [0.2, 0.25) is 5.91 Å². The van der Waals surface area contributed by atoms with Gasteiger partial charge in [0.15, 0.2) is 0 Å². The van der Waals surface area contributed by atoms with E-state index in [4.69, 9.17) is 0 Å². The number of piperidine rings is 1. The van der Waals surface area contributed by atoms with Gasteiger partial charge in [-0.25, -0.2) is 0 Å². The molecular weight excluding hydrogens is 226 g/mol. The van der Waals surface area contributed by atoms with Gasteiger partial charge in [-0.15, -0.1) is 0 Å². The maximum atomic E-state index is 12.1. The molecule has 2 rings (SSSR count). The molecule has 1 unspecified atom stereocenters. The highest BCUT2D eigenvalue weighted by molar-refractivity contribution is 5.79. The Morgan fingerprint density at radius 3 is 3.06 bits per heavy atom. The summed E-state index contributed by atoms with van der Waals surface area (Å²) in [5.41, 5.74) is 1.90. The van der Waals surface area contributed by atoms with Crippen molar-refractivity contribution in [2.75, 3.05) is 13.1 Å². The molecule has 4 nitrogen and oxygen atoms in total. The second-order valence-electron chi connectivity index (χ2n) is 4.98. The fourth-order valence-electron chi connectivity index (χ4n) is 2.29. The van der Waals surface area contributed by atoms with E-state index in [1.54, 1.807) is 0 Å². The van der Waals surface area contributed by atoms with Gasteiger partial charge in [-0.05, 0) is 45.4 Å². The Hall–Kier alpha value is -1.42. The van der Waals surface area contributed by atoms with Crippen molar-refractivity contribution in [2.24, 2.45) is 5.92 Å². The average Bonchev–Trinajstić information content (AvgIpc) is 2.39. The molecule has 0 saturated carbocycles. The molecule has 0 radical (unpaired) electrons. The molecule has 0 aliphatic carbocycles. The summed E-state index contributed by atoms with van der Waals surface area (Å²) in [6.45, 7) is 5.76. The molecule has 1 aliphatic rings. The van der Waals surface area contributed by atoms with Gasteiger partial charge in [-0.2, -0.15) is 0 Å². The van der Waals surface area contributed by atoms with E-state index in [-0.39, 0.29) is 17.9 Å². The summed E-state index contributed by atoms with van der Waals surface area (Å²) >= 11 is 0. The number of nitrogens with zero attached hydrogens (tertiary/aromatic N) is 1. The molecule has 2 heterocycles. The summed E-state index contributed by atoms with van der Waals surface area (Å²) < 4.78 is 0. The van der Waals surface area contributed by atoms with E-state index in [0.717, 1.165) is 37.3 Å². The third-order valence-corrected chi connectivity index (χ3v) is 3.38. The quantitative estimate of drug-likeness (QED) is 0.852. The van der Waals surface area contributed by atoms with E-state index in [1.165, 1.54) is 0 Å². The van der Waals surface area contributed by atoms with Gasteiger partial charge in [0, 0.05) is 12.2 Å². The molecule has 0 bridgehead atoms.